The van der Waals surface area contributed by atoms with Crippen LogP contribution < -0.4 is 16.4 Å². The zero-order valence-corrected chi connectivity index (χ0v) is 17.6. The highest BCUT2D eigenvalue weighted by molar-refractivity contribution is 6.39. The minimum absolute atomic E-state index is 0.0331. The Labute approximate surface area is 182 Å². The van der Waals surface area contributed by atoms with E-state index in [0.29, 0.717) is 41.6 Å². The number of rotatable bonds is 5. The fourth-order valence-corrected chi connectivity index (χ4v) is 4.39. The molecule has 0 saturated heterocycles. The van der Waals surface area contributed by atoms with Crippen LogP contribution >= 0.6 is 23.2 Å². The van der Waals surface area contributed by atoms with Crippen molar-refractivity contribution in [1.29, 1.82) is 0 Å². The quantitative estimate of drug-likeness (QED) is 0.533. The van der Waals surface area contributed by atoms with Gasteiger partial charge in [-0.1, -0.05) is 23.2 Å². The van der Waals surface area contributed by atoms with Crippen LogP contribution in [0.2, 0.25) is 10.0 Å². The van der Waals surface area contributed by atoms with Gasteiger partial charge in [-0.15, -0.1) is 0 Å². The van der Waals surface area contributed by atoms with Crippen molar-refractivity contribution < 1.29 is 9.18 Å². The Morgan fingerprint density at radius 1 is 1.20 bits per heavy atom. The summed E-state index contributed by atoms with van der Waals surface area (Å²) in [5, 5.41) is 6.34. The van der Waals surface area contributed by atoms with E-state index in [9.17, 15) is 9.18 Å². The fraction of sp³-hybridized carbons (Fsp3) is 0.368. The lowest BCUT2D eigenvalue weighted by Crippen LogP contribution is -2.28. The number of fused-ring (bicyclic) bond motifs is 1. The molecule has 11 heteroatoms. The van der Waals surface area contributed by atoms with Gasteiger partial charge in [-0.3, -0.25) is 9.36 Å². The molecule has 1 amide bonds. The predicted molar refractivity (Wildman–Crippen MR) is 115 cm³/mol. The summed E-state index contributed by atoms with van der Waals surface area (Å²) < 4.78 is 15.6. The van der Waals surface area contributed by atoms with Gasteiger partial charge in [0, 0.05) is 19.0 Å². The maximum Gasteiger partial charge on any atom is 0.224 e. The predicted octanol–water partition coefficient (Wildman–Crippen LogP) is 4.27. The highest BCUT2D eigenvalue weighted by Gasteiger charge is 2.29. The van der Waals surface area contributed by atoms with Gasteiger partial charge in [0.05, 0.1) is 21.9 Å². The summed E-state index contributed by atoms with van der Waals surface area (Å²) in [5.41, 5.74) is 7.05. The van der Waals surface area contributed by atoms with Crippen molar-refractivity contribution in [3.05, 3.63) is 34.2 Å². The summed E-state index contributed by atoms with van der Waals surface area (Å²) in [6.45, 7) is 0. The number of benzene rings is 1. The molecule has 0 aliphatic heterocycles. The van der Waals surface area contributed by atoms with E-state index in [2.05, 4.69) is 25.6 Å². The number of amides is 1. The van der Waals surface area contributed by atoms with Gasteiger partial charge >= 0.3 is 0 Å². The molecular formula is C19H20Cl2FN7O. The van der Waals surface area contributed by atoms with Crippen molar-refractivity contribution in [3.8, 4) is 0 Å². The van der Waals surface area contributed by atoms with E-state index >= 15 is 0 Å². The Hall–Kier alpha value is -2.65. The first kappa shape index (κ1) is 20.6. The number of aromatic nitrogens is 4. The Bertz CT molecular complexity index is 1090. The third kappa shape index (κ3) is 3.87. The van der Waals surface area contributed by atoms with Crippen LogP contribution in [-0.2, 0) is 4.79 Å². The summed E-state index contributed by atoms with van der Waals surface area (Å²) in [6, 6.07) is 2.39. The lowest BCUT2D eigenvalue weighted by molar-refractivity contribution is -0.122. The van der Waals surface area contributed by atoms with Crippen LogP contribution in [0.3, 0.4) is 0 Å². The van der Waals surface area contributed by atoms with Crippen LogP contribution in [0, 0.1) is 11.7 Å². The van der Waals surface area contributed by atoms with Crippen LogP contribution in [0.4, 0.5) is 22.0 Å². The second kappa shape index (κ2) is 8.23. The monoisotopic (exact) mass is 451 g/mol. The zero-order chi connectivity index (χ0) is 21.4. The van der Waals surface area contributed by atoms with E-state index in [1.807, 2.05) is 4.57 Å². The number of hydrogen-bond donors (Lipinski definition) is 3. The molecule has 0 atom stereocenters. The minimum atomic E-state index is -0.529. The van der Waals surface area contributed by atoms with Crippen LogP contribution in [0.1, 0.15) is 31.7 Å². The second-order valence-electron chi connectivity index (χ2n) is 7.24. The standard InChI is InChI=1S/C19H20Cl2FN7O/c1-24-18-25-8-14-17(28-18)29(11-4-2-9(3-5-11)16(23)30)19(26-14)27-15-12(20)6-10(22)7-13(15)21/h6-9,11H,2-5H2,1H3,(H2,23,30)(H,26,27)(H,24,25,28). The Kier molecular flexibility index (Phi) is 5.66. The van der Waals surface area contributed by atoms with Crippen molar-refractivity contribution in [2.45, 2.75) is 31.7 Å². The number of imidazole rings is 1. The maximum atomic E-state index is 13.6. The highest BCUT2D eigenvalue weighted by Crippen LogP contribution is 2.39. The molecule has 4 N–H and O–H groups in total. The summed E-state index contributed by atoms with van der Waals surface area (Å²) >= 11 is 12.4. The maximum absolute atomic E-state index is 13.6. The van der Waals surface area contributed by atoms with Crippen molar-refractivity contribution in [2.24, 2.45) is 11.7 Å². The highest BCUT2D eigenvalue weighted by atomic mass is 35.5. The van der Waals surface area contributed by atoms with E-state index < -0.39 is 5.82 Å². The second-order valence-corrected chi connectivity index (χ2v) is 8.05. The molecular weight excluding hydrogens is 432 g/mol. The van der Waals surface area contributed by atoms with Crippen molar-refractivity contribution >= 4 is 57.9 Å². The van der Waals surface area contributed by atoms with Gasteiger partial charge in [0.25, 0.3) is 0 Å². The molecule has 2 aromatic heterocycles. The fourth-order valence-electron chi connectivity index (χ4n) is 3.84. The van der Waals surface area contributed by atoms with Crippen LogP contribution in [0.25, 0.3) is 11.2 Å². The van der Waals surface area contributed by atoms with Crippen LogP contribution in [-0.4, -0.2) is 32.5 Å². The average molecular weight is 452 g/mol. The van der Waals surface area contributed by atoms with Crippen LogP contribution in [0.15, 0.2) is 18.3 Å². The Balaban J connectivity index is 1.78. The average Bonchev–Trinajstić information content (AvgIpc) is 3.07. The first-order valence-corrected chi connectivity index (χ1v) is 10.3. The minimum Gasteiger partial charge on any atom is -0.369 e. The molecule has 1 aromatic carbocycles. The number of anilines is 3. The van der Waals surface area contributed by atoms with Gasteiger partial charge in [0.1, 0.15) is 11.3 Å². The van der Waals surface area contributed by atoms with Gasteiger partial charge < -0.3 is 16.4 Å². The molecule has 3 aromatic rings. The molecule has 1 saturated carbocycles. The number of halogens is 3. The molecule has 0 spiro atoms. The molecule has 4 rings (SSSR count). The zero-order valence-electron chi connectivity index (χ0n) is 16.1. The van der Waals surface area contributed by atoms with E-state index in [4.69, 9.17) is 28.9 Å². The molecule has 0 unspecified atom stereocenters. The van der Waals surface area contributed by atoms with Crippen molar-refractivity contribution in [1.82, 2.24) is 19.5 Å². The molecule has 30 heavy (non-hydrogen) atoms. The SMILES string of the molecule is CNc1ncc2nc(Nc3c(Cl)cc(F)cc3Cl)n(C3CCC(C(N)=O)CC3)c2n1. The topological polar surface area (TPSA) is 111 Å². The molecule has 158 valence electrons. The smallest absolute Gasteiger partial charge is 0.224 e. The van der Waals surface area contributed by atoms with Crippen molar-refractivity contribution in [3.63, 3.8) is 0 Å². The third-order valence-electron chi connectivity index (χ3n) is 5.36. The Morgan fingerprint density at radius 3 is 2.47 bits per heavy atom. The number of carbonyl (C=O) groups is 1. The Morgan fingerprint density at radius 2 is 1.87 bits per heavy atom. The summed E-state index contributed by atoms with van der Waals surface area (Å²) in [6.07, 6.45) is 4.45. The van der Waals surface area contributed by atoms with Gasteiger partial charge in [-0.2, -0.15) is 4.98 Å². The largest absolute Gasteiger partial charge is 0.369 e. The number of nitrogens with one attached hydrogen (secondary N) is 2. The van der Waals surface area contributed by atoms with Crippen LogP contribution in [0.5, 0.6) is 0 Å². The van der Waals surface area contributed by atoms with Crippen molar-refractivity contribution in [2.75, 3.05) is 17.7 Å². The molecule has 1 fully saturated rings. The normalized spacial score (nSPS) is 19.1. The number of hydrogen-bond acceptors (Lipinski definition) is 6. The first-order valence-electron chi connectivity index (χ1n) is 9.51. The van der Waals surface area contributed by atoms with Gasteiger partial charge in [-0.25, -0.2) is 14.4 Å². The molecule has 1 aliphatic carbocycles. The first-order chi connectivity index (χ1) is 14.4. The van der Waals surface area contributed by atoms with Gasteiger partial charge in [-0.05, 0) is 37.8 Å². The van der Waals surface area contributed by atoms with Gasteiger partial charge in [0.2, 0.25) is 17.8 Å². The number of nitrogens with zero attached hydrogens (tertiary/aromatic N) is 4. The summed E-state index contributed by atoms with van der Waals surface area (Å²) in [4.78, 5) is 25.0. The lowest BCUT2D eigenvalue weighted by atomic mass is 9.85. The molecule has 2 heterocycles. The molecule has 1 aliphatic rings. The van der Waals surface area contributed by atoms with E-state index in [1.165, 1.54) is 12.1 Å². The molecule has 0 radical (unpaired) electrons. The number of carbonyl (C=O) groups excluding carboxylic acids is 1. The molecule has 8 nitrogen and oxygen atoms in total. The summed E-state index contributed by atoms with van der Waals surface area (Å²) in [7, 11) is 1.73. The lowest BCUT2D eigenvalue weighted by Gasteiger charge is -2.29. The van der Waals surface area contributed by atoms with E-state index in [-0.39, 0.29) is 27.9 Å². The molecule has 0 bridgehead atoms. The number of nitrogens with two attached hydrogens (primary N) is 1. The number of primary amides is 1. The van der Waals surface area contributed by atoms with E-state index in [1.54, 1.807) is 13.2 Å². The van der Waals surface area contributed by atoms with E-state index in [0.717, 1.165) is 12.8 Å². The van der Waals surface area contributed by atoms with Gasteiger partial charge in [0.15, 0.2) is 5.65 Å². The third-order valence-corrected chi connectivity index (χ3v) is 5.96. The summed E-state index contributed by atoms with van der Waals surface area (Å²) in [5.74, 6) is -0.00871.